The number of ether oxygens (including phenoxy) is 3. The Labute approximate surface area is 245 Å². The normalized spacial score (nSPS) is 14.9. The molecule has 1 unspecified atom stereocenters. The van der Waals surface area contributed by atoms with Crippen LogP contribution in [0.25, 0.3) is 0 Å². The van der Waals surface area contributed by atoms with Crippen molar-refractivity contribution < 1.29 is 14.2 Å². The molecule has 1 atom stereocenters. The summed E-state index contributed by atoms with van der Waals surface area (Å²) >= 11 is 0. The number of aliphatic imine (C=N–C) groups is 1. The van der Waals surface area contributed by atoms with E-state index in [2.05, 4.69) is 32.6 Å². The molecular formula is C32H33N7O3. The summed E-state index contributed by atoms with van der Waals surface area (Å²) in [6.07, 6.45) is 2.15. The van der Waals surface area contributed by atoms with Gasteiger partial charge in [-0.1, -0.05) is 18.2 Å². The molecule has 10 nitrogen and oxygen atoms in total. The van der Waals surface area contributed by atoms with Crippen molar-refractivity contribution >= 4 is 11.8 Å². The number of methoxy groups -OCH3 is 3. The van der Waals surface area contributed by atoms with Crippen LogP contribution in [0.3, 0.4) is 0 Å². The van der Waals surface area contributed by atoms with Crippen LogP contribution in [0.1, 0.15) is 33.9 Å². The summed E-state index contributed by atoms with van der Waals surface area (Å²) in [5.41, 5.74) is 7.88. The molecule has 4 aromatic rings. The first-order chi connectivity index (χ1) is 20.4. The number of nitrogens with zero attached hydrogens (tertiary/aromatic N) is 5. The summed E-state index contributed by atoms with van der Waals surface area (Å²) in [6, 6.07) is 19.5. The van der Waals surface area contributed by atoms with Gasteiger partial charge >= 0.3 is 0 Å². The summed E-state index contributed by atoms with van der Waals surface area (Å²) in [5.74, 6) is 10.3. The maximum Gasteiger partial charge on any atom is 0.212 e. The van der Waals surface area contributed by atoms with Crippen molar-refractivity contribution in [3.8, 4) is 29.1 Å². The van der Waals surface area contributed by atoms with Crippen LogP contribution in [-0.4, -0.2) is 48.4 Å². The minimum Gasteiger partial charge on any atom is -0.497 e. The predicted octanol–water partition coefficient (Wildman–Crippen LogP) is 3.95. The van der Waals surface area contributed by atoms with Crippen LogP contribution in [0, 0.1) is 25.7 Å². The predicted molar refractivity (Wildman–Crippen MR) is 162 cm³/mol. The van der Waals surface area contributed by atoms with Crippen LogP contribution in [-0.2, 0) is 13.0 Å². The smallest absolute Gasteiger partial charge is 0.212 e. The highest BCUT2D eigenvalue weighted by molar-refractivity contribution is 5.85. The Kier molecular flexibility index (Phi) is 8.68. The van der Waals surface area contributed by atoms with Gasteiger partial charge < -0.3 is 19.5 Å². The number of nitrogens with one attached hydrogen (secondary N) is 2. The molecule has 10 heteroatoms. The van der Waals surface area contributed by atoms with Gasteiger partial charge in [0.2, 0.25) is 5.96 Å². The van der Waals surface area contributed by atoms with Crippen LogP contribution < -0.4 is 30.0 Å². The second-order valence-electron chi connectivity index (χ2n) is 9.68. The second kappa shape index (κ2) is 12.9. The van der Waals surface area contributed by atoms with Gasteiger partial charge in [-0.05, 0) is 78.8 Å². The molecule has 2 N–H and O–H groups in total. The van der Waals surface area contributed by atoms with E-state index in [0.29, 0.717) is 53.5 Å². The van der Waals surface area contributed by atoms with Crippen LogP contribution in [0.2, 0.25) is 0 Å². The van der Waals surface area contributed by atoms with E-state index >= 15 is 0 Å². The number of hydrazine groups is 1. The van der Waals surface area contributed by atoms with E-state index in [1.807, 2.05) is 79.5 Å². The molecule has 214 valence electrons. The highest BCUT2D eigenvalue weighted by Gasteiger charge is 2.30. The molecule has 0 amide bonds. The third-order valence-electron chi connectivity index (χ3n) is 6.60. The van der Waals surface area contributed by atoms with Crippen molar-refractivity contribution in [1.82, 2.24) is 25.7 Å². The lowest BCUT2D eigenvalue weighted by Gasteiger charge is -2.24. The van der Waals surface area contributed by atoms with E-state index in [9.17, 15) is 0 Å². The molecule has 0 bridgehead atoms. The fourth-order valence-corrected chi connectivity index (χ4v) is 4.49. The number of guanidine groups is 1. The number of rotatable bonds is 8. The van der Waals surface area contributed by atoms with Gasteiger partial charge in [0.25, 0.3) is 0 Å². The minimum atomic E-state index is -0.216. The maximum absolute atomic E-state index is 5.53. The quantitative estimate of drug-likeness (QED) is 0.308. The summed E-state index contributed by atoms with van der Waals surface area (Å²) < 4.78 is 16.2. The molecule has 1 aliphatic rings. The summed E-state index contributed by atoms with van der Waals surface area (Å²) in [5, 5.41) is 5.46. The molecule has 2 aromatic carbocycles. The Hall–Kier alpha value is -5.30. The van der Waals surface area contributed by atoms with E-state index < -0.39 is 0 Å². The Bertz CT molecular complexity index is 1640. The van der Waals surface area contributed by atoms with Crippen LogP contribution in [0.15, 0.2) is 71.9 Å². The second-order valence-corrected chi connectivity index (χ2v) is 9.68. The largest absolute Gasteiger partial charge is 0.497 e. The summed E-state index contributed by atoms with van der Waals surface area (Å²) in [4.78, 5) is 18.4. The average molecular weight is 564 g/mol. The average Bonchev–Trinajstić information content (AvgIpc) is 3.41. The number of benzene rings is 2. The van der Waals surface area contributed by atoms with Crippen LogP contribution >= 0.6 is 0 Å². The highest BCUT2D eigenvalue weighted by atomic mass is 16.5. The molecule has 0 spiro atoms. The molecule has 0 saturated carbocycles. The third kappa shape index (κ3) is 6.88. The molecule has 2 aromatic heterocycles. The lowest BCUT2D eigenvalue weighted by molar-refractivity contribution is 0.354. The number of pyridine rings is 1. The van der Waals surface area contributed by atoms with Crippen molar-refractivity contribution in [2.75, 3.05) is 26.3 Å². The lowest BCUT2D eigenvalue weighted by atomic mass is 10.1. The van der Waals surface area contributed by atoms with Crippen molar-refractivity contribution in [2.45, 2.75) is 33.0 Å². The summed E-state index contributed by atoms with van der Waals surface area (Å²) in [7, 11) is 4.91. The number of aromatic nitrogens is 3. The number of hydrogen-bond donors (Lipinski definition) is 2. The Morgan fingerprint density at radius 2 is 1.60 bits per heavy atom. The van der Waals surface area contributed by atoms with Crippen LogP contribution in [0.4, 0.5) is 5.82 Å². The molecule has 0 aliphatic carbocycles. The van der Waals surface area contributed by atoms with E-state index in [1.165, 1.54) is 0 Å². The standard InChI is InChI=1S/C32H33N7O3/c1-21-14-15-33-25(16-21)9-10-26-19-31(36-22(2)35-26)39-30(18-24-8-13-28(41-4)29(17-24)42-5)37-32(38-39)34-20-23-6-11-27(40-3)12-7-23/h6-8,11-17,19,30H,18,20H2,1-5H3,(H2,34,37,38). The lowest BCUT2D eigenvalue weighted by Crippen LogP contribution is -2.42. The first-order valence-corrected chi connectivity index (χ1v) is 13.4. The van der Waals surface area contributed by atoms with E-state index in [-0.39, 0.29) is 6.17 Å². The fraction of sp³-hybridized carbons (Fsp3) is 0.250. The van der Waals surface area contributed by atoms with Gasteiger partial charge in [-0.3, -0.25) is 5.43 Å². The van der Waals surface area contributed by atoms with E-state index in [4.69, 9.17) is 24.2 Å². The molecule has 42 heavy (non-hydrogen) atoms. The molecule has 5 rings (SSSR count). The van der Waals surface area contributed by atoms with Gasteiger partial charge in [-0.2, -0.15) is 0 Å². The SMILES string of the molecule is COc1ccc(CN=C2NC(Cc3ccc(OC)c(OC)c3)N(c3cc(C#Cc4cc(C)ccn4)nc(C)n3)N2)cc1. The maximum atomic E-state index is 5.53. The summed E-state index contributed by atoms with van der Waals surface area (Å²) in [6.45, 7) is 4.35. The van der Waals surface area contributed by atoms with E-state index in [0.717, 1.165) is 22.4 Å². The van der Waals surface area contributed by atoms with Gasteiger partial charge in [0.05, 0.1) is 27.9 Å². The highest BCUT2D eigenvalue weighted by Crippen LogP contribution is 2.29. The number of anilines is 1. The first-order valence-electron chi connectivity index (χ1n) is 13.4. The zero-order valence-electron chi connectivity index (χ0n) is 24.3. The molecule has 0 radical (unpaired) electrons. The fourth-order valence-electron chi connectivity index (χ4n) is 4.49. The van der Waals surface area contributed by atoms with Gasteiger partial charge in [-0.15, -0.1) is 0 Å². The van der Waals surface area contributed by atoms with Gasteiger partial charge in [0.15, 0.2) is 17.3 Å². The number of aryl methyl sites for hydroxylation is 2. The number of hydrogen-bond acceptors (Lipinski definition) is 8. The monoisotopic (exact) mass is 563 g/mol. The van der Waals surface area contributed by atoms with Crippen molar-refractivity contribution in [3.05, 3.63) is 101 Å². The van der Waals surface area contributed by atoms with Crippen LogP contribution in [0.5, 0.6) is 17.2 Å². The zero-order chi connectivity index (χ0) is 29.5. The Morgan fingerprint density at radius 1 is 0.833 bits per heavy atom. The molecule has 3 heterocycles. The first kappa shape index (κ1) is 28.2. The Morgan fingerprint density at radius 3 is 2.33 bits per heavy atom. The van der Waals surface area contributed by atoms with Crippen molar-refractivity contribution in [1.29, 1.82) is 0 Å². The van der Waals surface area contributed by atoms with Gasteiger partial charge in [-0.25, -0.2) is 25.0 Å². The topological polar surface area (TPSA) is 106 Å². The molecule has 1 saturated heterocycles. The van der Waals surface area contributed by atoms with E-state index in [1.54, 1.807) is 27.5 Å². The van der Waals surface area contributed by atoms with Gasteiger partial charge in [0, 0.05) is 18.7 Å². The molecule has 1 aliphatic heterocycles. The Balaban J connectivity index is 1.44. The van der Waals surface area contributed by atoms with Crippen molar-refractivity contribution in [2.24, 2.45) is 4.99 Å². The molecule has 1 fully saturated rings. The minimum absolute atomic E-state index is 0.216. The van der Waals surface area contributed by atoms with Gasteiger partial charge in [0.1, 0.15) is 29.1 Å². The zero-order valence-corrected chi connectivity index (χ0v) is 24.3. The van der Waals surface area contributed by atoms with Crippen molar-refractivity contribution in [3.63, 3.8) is 0 Å². The molecular weight excluding hydrogens is 530 g/mol. The third-order valence-corrected chi connectivity index (χ3v) is 6.60.